The molecule has 4 nitrogen and oxygen atoms in total. The number of aliphatic hydroxyl groups is 1. The van der Waals surface area contributed by atoms with Gasteiger partial charge in [-0.15, -0.1) is 0 Å². The van der Waals surface area contributed by atoms with E-state index in [0.29, 0.717) is 5.92 Å². The fraction of sp³-hybridized carbons (Fsp3) is 0.409. The van der Waals surface area contributed by atoms with Crippen molar-refractivity contribution in [3.8, 4) is 0 Å². The highest BCUT2D eigenvalue weighted by Gasteiger charge is 2.26. The smallest absolute Gasteiger partial charge is 0.221 e. The highest BCUT2D eigenvalue weighted by molar-refractivity contribution is 5.88. The first-order valence-electron chi connectivity index (χ1n) is 9.44. The molecule has 3 rings (SSSR count). The van der Waals surface area contributed by atoms with E-state index in [4.69, 9.17) is 0 Å². The Bertz CT molecular complexity index is 692. The average Bonchev–Trinajstić information content (AvgIpc) is 2.67. The predicted molar refractivity (Wildman–Crippen MR) is 105 cm³/mol. The molecule has 0 aromatic heterocycles. The van der Waals surface area contributed by atoms with Gasteiger partial charge in [0.2, 0.25) is 5.91 Å². The second-order valence-corrected chi connectivity index (χ2v) is 7.16. The summed E-state index contributed by atoms with van der Waals surface area (Å²) in [6.07, 6.45) is 2.68. The number of aliphatic hydroxyl groups excluding tert-OH is 1. The largest absolute Gasteiger partial charge is 0.388 e. The molecule has 0 aliphatic carbocycles. The summed E-state index contributed by atoms with van der Waals surface area (Å²) in [4.78, 5) is 13.6. The molecule has 26 heavy (non-hydrogen) atoms. The van der Waals surface area contributed by atoms with Gasteiger partial charge >= 0.3 is 0 Å². The Balaban J connectivity index is 1.47. The lowest BCUT2D eigenvalue weighted by atomic mass is 9.87. The Morgan fingerprint density at radius 2 is 1.77 bits per heavy atom. The molecule has 2 N–H and O–H groups in total. The number of piperidine rings is 1. The van der Waals surface area contributed by atoms with Crippen LogP contribution in [0.5, 0.6) is 0 Å². The van der Waals surface area contributed by atoms with Crippen LogP contribution in [0, 0.1) is 5.92 Å². The third-order valence-electron chi connectivity index (χ3n) is 5.21. The molecular formula is C22H28N2O2. The number of nitrogens with zero attached hydrogens (tertiary/aromatic N) is 1. The van der Waals surface area contributed by atoms with Gasteiger partial charge in [0.05, 0.1) is 6.10 Å². The standard InChI is InChI=1S/C22H28N2O2/c1-17(25)23-21-9-7-19(8-10-21)22(26)20-12-15-24(16-13-20)14-11-18-5-3-2-4-6-18/h2-10,20,22,26H,11-16H2,1H3,(H,23,25). The molecule has 0 radical (unpaired) electrons. The Hall–Kier alpha value is -2.17. The molecule has 1 heterocycles. The fourth-order valence-corrected chi connectivity index (χ4v) is 3.66. The molecule has 4 heteroatoms. The van der Waals surface area contributed by atoms with Crippen LogP contribution in [0.3, 0.4) is 0 Å². The molecule has 1 amide bonds. The van der Waals surface area contributed by atoms with E-state index in [1.807, 2.05) is 24.3 Å². The highest BCUT2D eigenvalue weighted by atomic mass is 16.3. The van der Waals surface area contributed by atoms with Gasteiger partial charge < -0.3 is 15.3 Å². The number of rotatable bonds is 6. The van der Waals surface area contributed by atoms with Crippen molar-refractivity contribution in [2.45, 2.75) is 32.3 Å². The first-order valence-corrected chi connectivity index (χ1v) is 9.44. The monoisotopic (exact) mass is 352 g/mol. The summed E-state index contributed by atoms with van der Waals surface area (Å²) < 4.78 is 0. The minimum atomic E-state index is -0.433. The zero-order valence-corrected chi connectivity index (χ0v) is 15.4. The highest BCUT2D eigenvalue weighted by Crippen LogP contribution is 2.31. The number of carbonyl (C=O) groups is 1. The van der Waals surface area contributed by atoms with E-state index < -0.39 is 6.10 Å². The zero-order valence-electron chi connectivity index (χ0n) is 15.4. The number of benzene rings is 2. The van der Waals surface area contributed by atoms with Crippen LogP contribution in [0.15, 0.2) is 54.6 Å². The molecule has 0 saturated carbocycles. The topological polar surface area (TPSA) is 52.6 Å². The Labute approximate surface area is 155 Å². The van der Waals surface area contributed by atoms with Crippen LogP contribution in [0.25, 0.3) is 0 Å². The number of likely N-dealkylation sites (tertiary alicyclic amines) is 1. The third kappa shape index (κ3) is 5.16. The predicted octanol–water partition coefficient (Wildman–Crippen LogP) is 3.63. The summed E-state index contributed by atoms with van der Waals surface area (Å²) in [6, 6.07) is 18.1. The molecule has 0 spiro atoms. The van der Waals surface area contributed by atoms with E-state index >= 15 is 0 Å². The van der Waals surface area contributed by atoms with Crippen LogP contribution in [-0.4, -0.2) is 35.5 Å². The molecule has 0 bridgehead atoms. The average molecular weight is 352 g/mol. The summed E-state index contributed by atoms with van der Waals surface area (Å²) >= 11 is 0. The molecule has 1 saturated heterocycles. The summed E-state index contributed by atoms with van der Waals surface area (Å²) in [5.74, 6) is 0.218. The van der Waals surface area contributed by atoms with Gasteiger partial charge in [0.15, 0.2) is 0 Å². The minimum Gasteiger partial charge on any atom is -0.388 e. The van der Waals surface area contributed by atoms with Gasteiger partial charge in [0.25, 0.3) is 0 Å². The maximum Gasteiger partial charge on any atom is 0.221 e. The van der Waals surface area contributed by atoms with Crippen molar-refractivity contribution in [2.24, 2.45) is 5.92 Å². The third-order valence-corrected chi connectivity index (χ3v) is 5.21. The van der Waals surface area contributed by atoms with Crippen molar-refractivity contribution in [3.05, 3.63) is 65.7 Å². The van der Waals surface area contributed by atoms with E-state index in [2.05, 4.69) is 40.5 Å². The van der Waals surface area contributed by atoms with Crippen molar-refractivity contribution < 1.29 is 9.90 Å². The molecule has 1 aliphatic heterocycles. The van der Waals surface area contributed by atoms with Crippen LogP contribution < -0.4 is 5.32 Å². The van der Waals surface area contributed by atoms with Gasteiger partial charge in [-0.25, -0.2) is 0 Å². The van der Waals surface area contributed by atoms with Gasteiger partial charge in [0, 0.05) is 19.2 Å². The van der Waals surface area contributed by atoms with Gasteiger partial charge in [-0.3, -0.25) is 4.79 Å². The van der Waals surface area contributed by atoms with Crippen LogP contribution in [0.2, 0.25) is 0 Å². The molecule has 138 valence electrons. The van der Waals surface area contributed by atoms with Crippen LogP contribution in [0.1, 0.15) is 37.0 Å². The number of hydrogen-bond acceptors (Lipinski definition) is 3. The molecule has 2 aromatic carbocycles. The first kappa shape index (κ1) is 18.6. The fourth-order valence-electron chi connectivity index (χ4n) is 3.66. The lowest BCUT2D eigenvalue weighted by Gasteiger charge is -2.34. The second-order valence-electron chi connectivity index (χ2n) is 7.16. The van der Waals surface area contributed by atoms with Gasteiger partial charge in [-0.2, -0.15) is 0 Å². The second kappa shape index (κ2) is 8.97. The van der Waals surface area contributed by atoms with Crippen molar-refractivity contribution in [1.29, 1.82) is 0 Å². The summed E-state index contributed by atoms with van der Waals surface area (Å²) in [5, 5.41) is 13.5. The molecule has 1 aliphatic rings. The summed E-state index contributed by atoms with van der Waals surface area (Å²) in [5.41, 5.74) is 3.08. The number of carbonyl (C=O) groups excluding carboxylic acids is 1. The lowest BCUT2D eigenvalue weighted by molar-refractivity contribution is -0.114. The van der Waals surface area contributed by atoms with Gasteiger partial charge in [-0.05, 0) is 61.5 Å². The number of anilines is 1. The molecule has 1 fully saturated rings. The maximum absolute atomic E-state index is 11.1. The van der Waals surface area contributed by atoms with E-state index in [1.54, 1.807) is 0 Å². The van der Waals surface area contributed by atoms with Crippen LogP contribution in [0.4, 0.5) is 5.69 Å². The number of amides is 1. The lowest BCUT2D eigenvalue weighted by Crippen LogP contribution is -2.36. The first-order chi connectivity index (χ1) is 12.6. The molecule has 2 aromatic rings. The normalized spacial score (nSPS) is 17.0. The van der Waals surface area contributed by atoms with Gasteiger partial charge in [0.1, 0.15) is 0 Å². The number of nitrogens with one attached hydrogen (secondary N) is 1. The maximum atomic E-state index is 11.1. The Morgan fingerprint density at radius 1 is 1.12 bits per heavy atom. The van der Waals surface area contributed by atoms with Crippen molar-refractivity contribution in [2.75, 3.05) is 25.0 Å². The molecular weight excluding hydrogens is 324 g/mol. The van der Waals surface area contributed by atoms with E-state index in [0.717, 1.165) is 50.1 Å². The summed E-state index contributed by atoms with van der Waals surface area (Å²) in [7, 11) is 0. The molecule has 1 atom stereocenters. The van der Waals surface area contributed by atoms with E-state index in [9.17, 15) is 9.90 Å². The zero-order chi connectivity index (χ0) is 18.4. The van der Waals surface area contributed by atoms with Crippen molar-refractivity contribution >= 4 is 11.6 Å². The van der Waals surface area contributed by atoms with Gasteiger partial charge in [-0.1, -0.05) is 42.5 Å². The Morgan fingerprint density at radius 3 is 2.38 bits per heavy atom. The van der Waals surface area contributed by atoms with Crippen LogP contribution in [-0.2, 0) is 11.2 Å². The van der Waals surface area contributed by atoms with Crippen LogP contribution >= 0.6 is 0 Å². The quantitative estimate of drug-likeness (QED) is 0.835. The number of hydrogen-bond donors (Lipinski definition) is 2. The van der Waals surface area contributed by atoms with Crippen molar-refractivity contribution in [1.82, 2.24) is 4.90 Å². The SMILES string of the molecule is CC(=O)Nc1ccc(C(O)C2CCN(CCc3ccccc3)CC2)cc1. The summed E-state index contributed by atoms with van der Waals surface area (Å²) in [6.45, 7) is 4.66. The van der Waals surface area contributed by atoms with Crippen molar-refractivity contribution in [3.63, 3.8) is 0 Å². The molecule has 1 unspecified atom stereocenters. The Kier molecular flexibility index (Phi) is 6.42. The minimum absolute atomic E-state index is 0.0822. The van der Waals surface area contributed by atoms with E-state index in [-0.39, 0.29) is 5.91 Å². The van der Waals surface area contributed by atoms with E-state index in [1.165, 1.54) is 12.5 Å².